The maximum Gasteiger partial charge on any atom is 0.00104 e. The molecule has 1 aliphatic rings. The summed E-state index contributed by atoms with van der Waals surface area (Å²) >= 11 is 0. The molecule has 0 aromatic rings. The normalized spacial score (nSPS) is 31.2. The molecular weight excluding hydrogens is 122 g/mol. The summed E-state index contributed by atoms with van der Waals surface area (Å²) < 4.78 is 0. The fourth-order valence-electron chi connectivity index (χ4n) is 1.45. The first kappa shape index (κ1) is 8.06. The zero-order valence-electron chi connectivity index (χ0n) is 7.35. The Hall–Kier alpha value is -0.0400. The van der Waals surface area contributed by atoms with Crippen LogP contribution in [0.2, 0.25) is 0 Å². The second kappa shape index (κ2) is 3.38. The van der Waals surface area contributed by atoms with Gasteiger partial charge in [-0.3, -0.25) is 0 Å². The largest absolute Gasteiger partial charge is 0.314 e. The van der Waals surface area contributed by atoms with Crippen LogP contribution >= 0.6 is 0 Å². The molecule has 0 aromatic carbocycles. The van der Waals surface area contributed by atoms with Gasteiger partial charge in [0.05, 0.1) is 0 Å². The van der Waals surface area contributed by atoms with Gasteiger partial charge in [-0.2, -0.15) is 0 Å². The molecule has 1 fully saturated rings. The molecule has 0 amide bonds. The molecule has 1 rings (SSSR count). The molecule has 0 spiro atoms. The second-order valence-electron chi connectivity index (χ2n) is 3.73. The third-order valence-electron chi connectivity index (χ3n) is 2.38. The monoisotopic (exact) mass is 141 g/mol. The van der Waals surface area contributed by atoms with Gasteiger partial charge in [0.25, 0.3) is 0 Å². The zero-order chi connectivity index (χ0) is 7.56. The molecule has 0 heterocycles. The number of nitrogens with one attached hydrogen (secondary N) is 1. The highest BCUT2D eigenvalue weighted by Gasteiger charge is 2.34. The molecule has 2 atom stereocenters. The molecule has 1 heteroatoms. The van der Waals surface area contributed by atoms with Crippen molar-refractivity contribution in [2.75, 3.05) is 6.54 Å². The number of hydrogen-bond donors (Lipinski definition) is 1. The molecule has 2 unspecified atom stereocenters. The van der Waals surface area contributed by atoms with Crippen LogP contribution in [-0.4, -0.2) is 12.6 Å². The average Bonchev–Trinajstić information content (AvgIpc) is 2.61. The van der Waals surface area contributed by atoms with Crippen LogP contribution in [0.4, 0.5) is 0 Å². The van der Waals surface area contributed by atoms with Crippen LogP contribution in [-0.2, 0) is 0 Å². The van der Waals surface area contributed by atoms with Crippen LogP contribution in [0.15, 0.2) is 0 Å². The van der Waals surface area contributed by atoms with Gasteiger partial charge in [-0.05, 0) is 24.8 Å². The minimum Gasteiger partial charge on any atom is -0.314 e. The van der Waals surface area contributed by atoms with Crippen LogP contribution in [0.25, 0.3) is 0 Å². The molecule has 0 aromatic heterocycles. The van der Waals surface area contributed by atoms with Crippen molar-refractivity contribution in [3.8, 4) is 0 Å². The fourth-order valence-corrected chi connectivity index (χ4v) is 1.45. The third kappa shape index (κ3) is 2.30. The zero-order valence-corrected chi connectivity index (χ0v) is 7.35. The SMILES string of the molecule is CCC1CC1CNC(C)C. The molecule has 1 nitrogen and oxygen atoms in total. The topological polar surface area (TPSA) is 12.0 Å². The summed E-state index contributed by atoms with van der Waals surface area (Å²) in [6, 6.07) is 0.665. The Kier molecular flexibility index (Phi) is 2.72. The summed E-state index contributed by atoms with van der Waals surface area (Å²) in [6.45, 7) is 7.96. The van der Waals surface area contributed by atoms with Crippen molar-refractivity contribution in [3.05, 3.63) is 0 Å². The van der Waals surface area contributed by atoms with Crippen LogP contribution in [0.3, 0.4) is 0 Å². The van der Waals surface area contributed by atoms with Gasteiger partial charge in [0.2, 0.25) is 0 Å². The minimum absolute atomic E-state index is 0.665. The lowest BCUT2D eigenvalue weighted by Gasteiger charge is -2.06. The van der Waals surface area contributed by atoms with Crippen molar-refractivity contribution < 1.29 is 0 Å². The molecule has 0 bridgehead atoms. The van der Waals surface area contributed by atoms with Gasteiger partial charge < -0.3 is 5.32 Å². The Morgan fingerprint density at radius 3 is 2.50 bits per heavy atom. The van der Waals surface area contributed by atoms with E-state index in [0.29, 0.717) is 6.04 Å². The van der Waals surface area contributed by atoms with E-state index in [9.17, 15) is 0 Å². The van der Waals surface area contributed by atoms with Gasteiger partial charge in [-0.25, -0.2) is 0 Å². The van der Waals surface area contributed by atoms with Crippen LogP contribution in [0, 0.1) is 11.8 Å². The van der Waals surface area contributed by atoms with Crippen molar-refractivity contribution in [1.29, 1.82) is 0 Å². The minimum atomic E-state index is 0.665. The second-order valence-corrected chi connectivity index (χ2v) is 3.73. The lowest BCUT2D eigenvalue weighted by Crippen LogP contribution is -2.25. The van der Waals surface area contributed by atoms with Gasteiger partial charge >= 0.3 is 0 Å². The first-order valence-electron chi connectivity index (χ1n) is 4.47. The Morgan fingerprint density at radius 2 is 2.10 bits per heavy atom. The lowest BCUT2D eigenvalue weighted by atomic mass is 10.2. The highest BCUT2D eigenvalue weighted by atomic mass is 14.9. The van der Waals surface area contributed by atoms with E-state index < -0.39 is 0 Å². The predicted molar refractivity (Wildman–Crippen MR) is 45.0 cm³/mol. The Morgan fingerprint density at radius 1 is 1.40 bits per heavy atom. The standard InChI is InChI=1S/C9H19N/c1-4-8-5-9(8)6-10-7(2)3/h7-10H,4-6H2,1-3H3. The summed E-state index contributed by atoms with van der Waals surface area (Å²) in [5.41, 5.74) is 0. The molecule has 1 saturated carbocycles. The molecule has 10 heavy (non-hydrogen) atoms. The van der Waals surface area contributed by atoms with E-state index in [2.05, 4.69) is 26.1 Å². The summed E-state index contributed by atoms with van der Waals surface area (Å²) in [5.74, 6) is 2.05. The molecule has 60 valence electrons. The van der Waals surface area contributed by atoms with Crippen molar-refractivity contribution in [2.45, 2.75) is 39.7 Å². The molecule has 1 aliphatic carbocycles. The van der Waals surface area contributed by atoms with Crippen molar-refractivity contribution in [3.63, 3.8) is 0 Å². The lowest BCUT2D eigenvalue weighted by molar-refractivity contribution is 0.536. The smallest absolute Gasteiger partial charge is 0.00104 e. The highest BCUT2D eigenvalue weighted by molar-refractivity contribution is 4.86. The molecular formula is C9H19N. The average molecular weight is 141 g/mol. The van der Waals surface area contributed by atoms with Crippen LogP contribution in [0.5, 0.6) is 0 Å². The van der Waals surface area contributed by atoms with Crippen LogP contribution < -0.4 is 5.32 Å². The molecule has 0 saturated heterocycles. The van der Waals surface area contributed by atoms with E-state index in [1.165, 1.54) is 19.4 Å². The van der Waals surface area contributed by atoms with E-state index in [0.717, 1.165) is 11.8 Å². The van der Waals surface area contributed by atoms with E-state index in [4.69, 9.17) is 0 Å². The first-order chi connectivity index (χ1) is 4.74. The third-order valence-corrected chi connectivity index (χ3v) is 2.38. The predicted octanol–water partition coefficient (Wildman–Crippen LogP) is 2.03. The van der Waals surface area contributed by atoms with Gasteiger partial charge in [-0.15, -0.1) is 0 Å². The van der Waals surface area contributed by atoms with Gasteiger partial charge in [0.15, 0.2) is 0 Å². The van der Waals surface area contributed by atoms with Gasteiger partial charge in [0.1, 0.15) is 0 Å². The first-order valence-corrected chi connectivity index (χ1v) is 4.47. The summed E-state index contributed by atoms with van der Waals surface area (Å²) in [7, 11) is 0. The maximum atomic E-state index is 3.47. The van der Waals surface area contributed by atoms with Gasteiger partial charge in [0, 0.05) is 6.04 Å². The number of hydrogen-bond acceptors (Lipinski definition) is 1. The molecule has 0 aliphatic heterocycles. The van der Waals surface area contributed by atoms with E-state index in [1.54, 1.807) is 0 Å². The fraction of sp³-hybridized carbons (Fsp3) is 1.00. The highest BCUT2D eigenvalue weighted by Crippen LogP contribution is 2.40. The van der Waals surface area contributed by atoms with E-state index in [1.807, 2.05) is 0 Å². The summed E-state index contributed by atoms with van der Waals surface area (Å²) in [4.78, 5) is 0. The van der Waals surface area contributed by atoms with Gasteiger partial charge in [-0.1, -0.05) is 27.2 Å². The van der Waals surface area contributed by atoms with E-state index in [-0.39, 0.29) is 0 Å². The van der Waals surface area contributed by atoms with Crippen molar-refractivity contribution >= 4 is 0 Å². The number of rotatable bonds is 4. The summed E-state index contributed by atoms with van der Waals surface area (Å²) in [6.07, 6.45) is 2.85. The molecule has 1 N–H and O–H groups in total. The quantitative estimate of drug-likeness (QED) is 0.631. The van der Waals surface area contributed by atoms with Crippen molar-refractivity contribution in [2.24, 2.45) is 11.8 Å². The Labute approximate surface area is 64.2 Å². The Bertz CT molecular complexity index is 98.9. The van der Waals surface area contributed by atoms with E-state index >= 15 is 0 Å². The van der Waals surface area contributed by atoms with Crippen molar-refractivity contribution in [1.82, 2.24) is 5.32 Å². The summed E-state index contributed by atoms with van der Waals surface area (Å²) in [5, 5.41) is 3.47. The van der Waals surface area contributed by atoms with Crippen LogP contribution in [0.1, 0.15) is 33.6 Å². The Balaban J connectivity index is 1.96. The maximum absolute atomic E-state index is 3.47. The molecule has 0 radical (unpaired) electrons.